The summed E-state index contributed by atoms with van der Waals surface area (Å²) in [5.41, 5.74) is 2.57. The minimum absolute atomic E-state index is 0.0377. The molecule has 0 saturated carbocycles. The summed E-state index contributed by atoms with van der Waals surface area (Å²) < 4.78 is 11.5. The van der Waals surface area contributed by atoms with Crippen LogP contribution in [0.5, 0.6) is 5.75 Å². The number of fused-ring (bicyclic) bond motifs is 1. The van der Waals surface area contributed by atoms with Gasteiger partial charge in [0.1, 0.15) is 11.9 Å². The Labute approximate surface area is 229 Å². The van der Waals surface area contributed by atoms with Crippen LogP contribution in [0, 0.1) is 5.92 Å². The number of ketones is 1. The van der Waals surface area contributed by atoms with E-state index in [1.54, 1.807) is 18.2 Å². The maximum Gasteiger partial charge on any atom is 0.333 e. The first-order valence-corrected chi connectivity index (χ1v) is 13.4. The van der Waals surface area contributed by atoms with Gasteiger partial charge in [-0.1, -0.05) is 62.4 Å². The van der Waals surface area contributed by atoms with Gasteiger partial charge in [0, 0.05) is 17.8 Å². The molecule has 1 aliphatic heterocycles. The van der Waals surface area contributed by atoms with Crippen molar-refractivity contribution >= 4 is 29.0 Å². The molecular weight excluding hydrogens is 494 g/mol. The van der Waals surface area contributed by atoms with E-state index >= 15 is 0 Å². The molecule has 0 saturated heterocycles. The number of Topliss-reactive ketones (excluding diaryl/α,β-unsaturated/α-hetero) is 1. The lowest BCUT2D eigenvalue weighted by Crippen LogP contribution is -2.40. The smallest absolute Gasteiger partial charge is 0.333 e. The summed E-state index contributed by atoms with van der Waals surface area (Å²) in [7, 11) is 0. The summed E-state index contributed by atoms with van der Waals surface area (Å²) in [6.07, 6.45) is 1.24. The van der Waals surface area contributed by atoms with Gasteiger partial charge in [-0.2, -0.15) is 0 Å². The predicted octanol–water partition coefficient (Wildman–Crippen LogP) is 4.99. The van der Waals surface area contributed by atoms with E-state index in [-0.39, 0.29) is 36.7 Å². The van der Waals surface area contributed by atoms with E-state index in [2.05, 4.69) is 29.8 Å². The molecule has 0 fully saturated rings. The number of hydrogen-bond donors (Lipinski definition) is 3. The minimum atomic E-state index is -0.681. The van der Waals surface area contributed by atoms with E-state index in [1.807, 2.05) is 60.7 Å². The zero-order chi connectivity index (χ0) is 27.6. The Hall–Kier alpha value is -4.17. The lowest BCUT2D eigenvalue weighted by molar-refractivity contribution is -0.153. The van der Waals surface area contributed by atoms with E-state index in [0.29, 0.717) is 23.5 Å². The van der Waals surface area contributed by atoms with Crippen LogP contribution in [0.2, 0.25) is 0 Å². The zero-order valence-electron chi connectivity index (χ0n) is 22.3. The molecule has 1 heterocycles. The van der Waals surface area contributed by atoms with E-state index in [9.17, 15) is 14.4 Å². The molecule has 204 valence electrons. The minimum Gasteiger partial charge on any atom is -0.482 e. The molecule has 0 bridgehead atoms. The highest BCUT2D eigenvalue weighted by molar-refractivity contribution is 6.01. The molecule has 0 radical (unpaired) electrons. The number of amides is 1. The normalized spacial score (nSPS) is 14.0. The molecule has 3 N–H and O–H groups in total. The van der Waals surface area contributed by atoms with E-state index in [1.165, 1.54) is 0 Å². The second-order valence-corrected chi connectivity index (χ2v) is 9.51. The third kappa shape index (κ3) is 7.45. The number of nitrogens with one attached hydrogen (secondary N) is 3. The largest absolute Gasteiger partial charge is 0.482 e. The van der Waals surface area contributed by atoms with Crippen LogP contribution in [0.4, 0.5) is 11.4 Å². The number of benzene rings is 3. The van der Waals surface area contributed by atoms with E-state index < -0.39 is 12.1 Å². The van der Waals surface area contributed by atoms with Crippen molar-refractivity contribution in [2.24, 2.45) is 5.92 Å². The van der Waals surface area contributed by atoms with Crippen LogP contribution in [-0.2, 0) is 14.3 Å². The molecule has 8 heteroatoms. The van der Waals surface area contributed by atoms with Crippen molar-refractivity contribution in [3.8, 4) is 5.75 Å². The maximum absolute atomic E-state index is 13.6. The first-order chi connectivity index (χ1) is 19.0. The Balaban J connectivity index is 1.43. The van der Waals surface area contributed by atoms with Crippen molar-refractivity contribution in [1.82, 2.24) is 5.32 Å². The quantitative estimate of drug-likeness (QED) is 0.212. The molecule has 4 rings (SSSR count). The summed E-state index contributed by atoms with van der Waals surface area (Å²) in [6.45, 7) is 4.50. The number of ether oxygens (including phenoxy) is 2. The fraction of sp³-hybridized carbons (Fsp3) is 0.323. The monoisotopic (exact) mass is 529 g/mol. The first-order valence-electron chi connectivity index (χ1n) is 13.4. The molecule has 0 unspecified atom stereocenters. The van der Waals surface area contributed by atoms with Gasteiger partial charge < -0.3 is 25.4 Å². The summed E-state index contributed by atoms with van der Waals surface area (Å²) in [4.78, 5) is 38.1. The average molecular weight is 530 g/mol. The molecule has 1 amide bonds. The van der Waals surface area contributed by atoms with Gasteiger partial charge in [0.2, 0.25) is 0 Å². The Morgan fingerprint density at radius 2 is 1.67 bits per heavy atom. The van der Waals surface area contributed by atoms with Gasteiger partial charge in [-0.05, 0) is 54.7 Å². The van der Waals surface area contributed by atoms with Gasteiger partial charge in [-0.3, -0.25) is 9.59 Å². The highest BCUT2D eigenvalue weighted by Crippen LogP contribution is 2.29. The summed E-state index contributed by atoms with van der Waals surface area (Å²) in [5, 5.41) is 9.22. The SMILES string of the molecule is CCC(CC)[C@H](CNCC(=O)c1ccc2c(c1)NC(=O)CO2)OC(=O)[C@H](Nc1ccccc1)c1ccccc1. The molecule has 0 aliphatic carbocycles. The van der Waals surface area contributed by atoms with Crippen LogP contribution in [0.3, 0.4) is 0 Å². The van der Waals surface area contributed by atoms with Gasteiger partial charge in [0.25, 0.3) is 5.91 Å². The standard InChI is InChI=1S/C31H35N3O5/c1-3-21(4-2)28(19-32-18-26(35)23-15-16-27-25(17-23)34-29(36)20-38-27)39-31(37)30(22-11-7-5-8-12-22)33-24-13-9-6-10-14-24/h5-17,21,28,30,32-33H,3-4,18-20H2,1-2H3,(H,34,36)/t28-,30+/m0/s1. The van der Waals surface area contributed by atoms with Crippen molar-refractivity contribution in [3.63, 3.8) is 0 Å². The van der Waals surface area contributed by atoms with Gasteiger partial charge in [-0.25, -0.2) is 4.79 Å². The third-order valence-electron chi connectivity index (χ3n) is 6.86. The van der Waals surface area contributed by atoms with Crippen molar-refractivity contribution in [1.29, 1.82) is 0 Å². The first kappa shape index (κ1) is 27.9. The number of carbonyl (C=O) groups is 3. The number of esters is 1. The molecule has 3 aromatic carbocycles. The highest BCUT2D eigenvalue weighted by Gasteiger charge is 2.29. The van der Waals surface area contributed by atoms with Crippen molar-refractivity contribution in [2.75, 3.05) is 30.3 Å². The van der Waals surface area contributed by atoms with Crippen molar-refractivity contribution < 1.29 is 23.9 Å². The van der Waals surface area contributed by atoms with Gasteiger partial charge >= 0.3 is 5.97 Å². The van der Waals surface area contributed by atoms with Crippen molar-refractivity contribution in [2.45, 2.75) is 38.8 Å². The molecule has 2 atom stereocenters. The Bertz CT molecular complexity index is 1260. The summed E-state index contributed by atoms with van der Waals surface area (Å²) in [6, 6.07) is 23.4. The van der Waals surface area contributed by atoms with Crippen LogP contribution >= 0.6 is 0 Å². The van der Waals surface area contributed by atoms with Crippen LogP contribution in [0.15, 0.2) is 78.9 Å². The molecule has 3 aromatic rings. The predicted molar refractivity (Wildman–Crippen MR) is 151 cm³/mol. The number of carbonyl (C=O) groups excluding carboxylic acids is 3. The van der Waals surface area contributed by atoms with Gasteiger partial charge in [0.15, 0.2) is 18.4 Å². The molecule has 0 aromatic heterocycles. The second-order valence-electron chi connectivity index (χ2n) is 9.51. The zero-order valence-corrected chi connectivity index (χ0v) is 22.3. The Kier molecular flexibility index (Phi) is 9.69. The Morgan fingerprint density at radius 1 is 0.974 bits per heavy atom. The van der Waals surface area contributed by atoms with Crippen LogP contribution < -0.4 is 20.7 Å². The van der Waals surface area contributed by atoms with Crippen LogP contribution in [-0.4, -0.2) is 43.5 Å². The van der Waals surface area contributed by atoms with Gasteiger partial charge in [0.05, 0.1) is 12.2 Å². The van der Waals surface area contributed by atoms with E-state index in [4.69, 9.17) is 9.47 Å². The molecule has 39 heavy (non-hydrogen) atoms. The number of para-hydroxylation sites is 1. The van der Waals surface area contributed by atoms with Crippen LogP contribution in [0.25, 0.3) is 0 Å². The highest BCUT2D eigenvalue weighted by atomic mass is 16.5. The molecule has 1 aliphatic rings. The van der Waals surface area contributed by atoms with Gasteiger partial charge in [-0.15, -0.1) is 0 Å². The summed E-state index contributed by atoms with van der Waals surface area (Å²) in [5.74, 6) is -0.103. The number of hydrogen-bond acceptors (Lipinski definition) is 7. The van der Waals surface area contributed by atoms with Crippen LogP contribution in [0.1, 0.15) is 48.7 Å². The number of rotatable bonds is 13. The topological polar surface area (TPSA) is 106 Å². The average Bonchev–Trinajstić information content (AvgIpc) is 2.96. The molecule has 8 nitrogen and oxygen atoms in total. The fourth-order valence-corrected chi connectivity index (χ4v) is 4.65. The number of anilines is 2. The lowest BCUT2D eigenvalue weighted by atomic mass is 9.96. The lowest BCUT2D eigenvalue weighted by Gasteiger charge is -2.28. The third-order valence-corrected chi connectivity index (χ3v) is 6.86. The molecule has 0 spiro atoms. The van der Waals surface area contributed by atoms with E-state index in [0.717, 1.165) is 24.1 Å². The fourth-order valence-electron chi connectivity index (χ4n) is 4.65. The molecular formula is C31H35N3O5. The maximum atomic E-state index is 13.6. The second kappa shape index (κ2) is 13.6. The van der Waals surface area contributed by atoms with Crippen molar-refractivity contribution in [3.05, 3.63) is 90.0 Å². The Morgan fingerprint density at radius 3 is 2.36 bits per heavy atom. The summed E-state index contributed by atoms with van der Waals surface area (Å²) >= 11 is 0.